The summed E-state index contributed by atoms with van der Waals surface area (Å²) in [6, 6.07) is 7.93. The number of piperidine rings is 1. The second-order valence-corrected chi connectivity index (χ2v) is 9.91. The number of nitrogens with one attached hydrogen (secondary N) is 1. The van der Waals surface area contributed by atoms with Gasteiger partial charge in [0.05, 0.1) is 22.6 Å². The summed E-state index contributed by atoms with van der Waals surface area (Å²) in [5, 5.41) is 0.961. The van der Waals surface area contributed by atoms with Crippen molar-refractivity contribution in [3.8, 4) is 5.75 Å². The molecule has 2 heterocycles. The van der Waals surface area contributed by atoms with Crippen molar-refractivity contribution in [1.82, 2.24) is 14.6 Å². The minimum absolute atomic E-state index is 0.0284. The SMILES string of the molecule is COc1ccc(S(=O)(=O)NCC2CCN(C(=O)c3cccnc3SC)CC2)cc1Cl. The zero-order valence-corrected chi connectivity index (χ0v) is 19.2. The molecule has 1 N–H and O–H groups in total. The molecule has 30 heavy (non-hydrogen) atoms. The van der Waals surface area contributed by atoms with E-state index in [0.717, 1.165) is 17.9 Å². The molecule has 2 aromatic rings. The van der Waals surface area contributed by atoms with Gasteiger partial charge in [0.2, 0.25) is 10.0 Å². The van der Waals surface area contributed by atoms with Crippen LogP contribution in [0.3, 0.4) is 0 Å². The van der Waals surface area contributed by atoms with Gasteiger partial charge in [-0.25, -0.2) is 18.1 Å². The number of rotatable bonds is 7. The minimum atomic E-state index is -3.67. The van der Waals surface area contributed by atoms with E-state index >= 15 is 0 Å². The Labute approximate surface area is 186 Å². The van der Waals surface area contributed by atoms with Gasteiger partial charge in [0.25, 0.3) is 5.91 Å². The van der Waals surface area contributed by atoms with E-state index in [1.165, 1.54) is 37.1 Å². The number of aromatic nitrogens is 1. The first-order valence-corrected chi connectivity index (χ1v) is 12.6. The lowest BCUT2D eigenvalue weighted by molar-refractivity contribution is 0.0687. The third-order valence-electron chi connectivity index (χ3n) is 5.09. The van der Waals surface area contributed by atoms with E-state index in [-0.39, 0.29) is 21.7 Å². The van der Waals surface area contributed by atoms with Crippen molar-refractivity contribution >= 4 is 39.3 Å². The van der Waals surface area contributed by atoms with E-state index in [2.05, 4.69) is 9.71 Å². The minimum Gasteiger partial charge on any atom is -0.495 e. The number of ether oxygens (including phenoxy) is 1. The number of methoxy groups -OCH3 is 1. The largest absolute Gasteiger partial charge is 0.495 e. The zero-order chi connectivity index (χ0) is 21.7. The van der Waals surface area contributed by atoms with Gasteiger partial charge < -0.3 is 9.64 Å². The van der Waals surface area contributed by atoms with Crippen LogP contribution in [0, 0.1) is 5.92 Å². The molecule has 1 aliphatic heterocycles. The van der Waals surface area contributed by atoms with Crippen LogP contribution < -0.4 is 9.46 Å². The summed E-state index contributed by atoms with van der Waals surface area (Å²) >= 11 is 7.49. The zero-order valence-electron chi connectivity index (χ0n) is 16.8. The van der Waals surface area contributed by atoms with Crippen LogP contribution in [-0.2, 0) is 10.0 Å². The molecule has 3 rings (SSSR count). The highest BCUT2D eigenvalue weighted by molar-refractivity contribution is 7.98. The number of benzene rings is 1. The van der Waals surface area contributed by atoms with Crippen LogP contribution in [0.15, 0.2) is 46.5 Å². The maximum absolute atomic E-state index is 12.8. The molecule has 7 nitrogen and oxygen atoms in total. The number of halogens is 1. The maximum Gasteiger partial charge on any atom is 0.256 e. The van der Waals surface area contributed by atoms with Crippen molar-refractivity contribution in [2.24, 2.45) is 5.92 Å². The van der Waals surface area contributed by atoms with Crippen molar-refractivity contribution in [2.45, 2.75) is 22.8 Å². The van der Waals surface area contributed by atoms with Crippen LogP contribution >= 0.6 is 23.4 Å². The molecule has 0 bridgehead atoms. The summed E-state index contributed by atoms with van der Waals surface area (Å²) in [6.07, 6.45) is 5.03. The van der Waals surface area contributed by atoms with Crippen molar-refractivity contribution in [1.29, 1.82) is 0 Å². The van der Waals surface area contributed by atoms with Crippen molar-refractivity contribution in [2.75, 3.05) is 33.0 Å². The molecule has 1 fully saturated rings. The lowest BCUT2D eigenvalue weighted by Gasteiger charge is -2.32. The van der Waals surface area contributed by atoms with Crippen LogP contribution in [-0.4, -0.2) is 57.2 Å². The van der Waals surface area contributed by atoms with Crippen LogP contribution in [0.1, 0.15) is 23.2 Å². The van der Waals surface area contributed by atoms with Gasteiger partial charge in [-0.1, -0.05) is 11.6 Å². The van der Waals surface area contributed by atoms with Crippen LogP contribution in [0.5, 0.6) is 5.75 Å². The lowest BCUT2D eigenvalue weighted by Crippen LogP contribution is -2.41. The normalized spacial score (nSPS) is 15.2. The average Bonchev–Trinajstić information content (AvgIpc) is 2.77. The van der Waals surface area contributed by atoms with Crippen LogP contribution in [0.2, 0.25) is 5.02 Å². The van der Waals surface area contributed by atoms with Gasteiger partial charge in [-0.2, -0.15) is 0 Å². The number of hydrogen-bond acceptors (Lipinski definition) is 6. The summed E-state index contributed by atoms with van der Waals surface area (Å²) in [5.41, 5.74) is 0.612. The lowest BCUT2D eigenvalue weighted by atomic mass is 9.97. The molecular formula is C20H24ClN3O4S2. The predicted molar refractivity (Wildman–Crippen MR) is 118 cm³/mol. The second-order valence-electron chi connectivity index (χ2n) is 6.94. The molecule has 0 radical (unpaired) electrons. The Morgan fingerprint density at radius 2 is 2.07 bits per heavy atom. The first-order chi connectivity index (χ1) is 14.4. The van der Waals surface area contributed by atoms with Crippen molar-refractivity contribution in [3.05, 3.63) is 47.1 Å². The Hall–Kier alpha value is -1.81. The fourth-order valence-electron chi connectivity index (χ4n) is 3.35. The molecule has 1 aromatic heterocycles. The average molecular weight is 470 g/mol. The van der Waals surface area contributed by atoms with E-state index in [0.29, 0.717) is 30.9 Å². The smallest absolute Gasteiger partial charge is 0.256 e. The van der Waals surface area contributed by atoms with Gasteiger partial charge >= 0.3 is 0 Å². The Morgan fingerprint density at radius 1 is 1.33 bits per heavy atom. The van der Waals surface area contributed by atoms with Gasteiger partial charge in [0, 0.05) is 25.8 Å². The number of pyridine rings is 1. The highest BCUT2D eigenvalue weighted by Crippen LogP contribution is 2.27. The van der Waals surface area contributed by atoms with Gasteiger partial charge in [0.1, 0.15) is 10.8 Å². The van der Waals surface area contributed by atoms with Gasteiger partial charge in [-0.15, -0.1) is 11.8 Å². The first kappa shape index (κ1) is 22.9. The molecule has 1 amide bonds. The van der Waals surface area contributed by atoms with Crippen LogP contribution in [0.25, 0.3) is 0 Å². The van der Waals surface area contributed by atoms with Gasteiger partial charge in [0.15, 0.2) is 0 Å². The van der Waals surface area contributed by atoms with Crippen molar-refractivity contribution in [3.63, 3.8) is 0 Å². The first-order valence-electron chi connectivity index (χ1n) is 9.47. The van der Waals surface area contributed by atoms with E-state index in [1.54, 1.807) is 18.3 Å². The second kappa shape index (κ2) is 10.00. The Morgan fingerprint density at radius 3 is 2.70 bits per heavy atom. The molecule has 0 spiro atoms. The molecule has 1 aliphatic rings. The Kier molecular flexibility index (Phi) is 7.62. The van der Waals surface area contributed by atoms with E-state index in [1.807, 2.05) is 11.2 Å². The number of amides is 1. The molecule has 162 valence electrons. The number of carbonyl (C=O) groups excluding carboxylic acids is 1. The number of sulfonamides is 1. The summed E-state index contributed by atoms with van der Waals surface area (Å²) in [5.74, 6) is 0.553. The fraction of sp³-hybridized carbons (Fsp3) is 0.400. The molecule has 1 aromatic carbocycles. The third kappa shape index (κ3) is 5.26. The summed E-state index contributed by atoms with van der Waals surface area (Å²) in [6.45, 7) is 1.49. The molecular weight excluding hydrogens is 446 g/mol. The highest BCUT2D eigenvalue weighted by atomic mass is 35.5. The summed E-state index contributed by atoms with van der Waals surface area (Å²) in [7, 11) is -2.20. The maximum atomic E-state index is 12.8. The fourth-order valence-corrected chi connectivity index (χ4v) is 5.36. The molecule has 0 atom stereocenters. The van der Waals surface area contributed by atoms with E-state index < -0.39 is 10.0 Å². The highest BCUT2D eigenvalue weighted by Gasteiger charge is 2.26. The van der Waals surface area contributed by atoms with E-state index in [4.69, 9.17) is 16.3 Å². The number of hydrogen-bond donors (Lipinski definition) is 1. The summed E-state index contributed by atoms with van der Waals surface area (Å²) < 4.78 is 32.9. The molecule has 0 saturated carbocycles. The molecule has 1 saturated heterocycles. The molecule has 0 unspecified atom stereocenters. The standard InChI is InChI=1S/C20H24ClN3O4S2/c1-28-18-6-5-15(12-17(18)21)30(26,27)23-13-14-7-10-24(11-8-14)20(25)16-4-3-9-22-19(16)29-2/h3-6,9,12,14,23H,7-8,10-11,13H2,1-2H3. The van der Waals surface area contributed by atoms with Gasteiger partial charge in [-0.05, 0) is 55.3 Å². The molecule has 0 aliphatic carbocycles. The Balaban J connectivity index is 1.56. The number of carbonyl (C=O) groups is 1. The monoisotopic (exact) mass is 469 g/mol. The van der Waals surface area contributed by atoms with Crippen LogP contribution in [0.4, 0.5) is 0 Å². The molecule has 10 heteroatoms. The topological polar surface area (TPSA) is 88.6 Å². The van der Waals surface area contributed by atoms with Crippen molar-refractivity contribution < 1.29 is 17.9 Å². The number of nitrogens with zero attached hydrogens (tertiary/aromatic N) is 2. The Bertz CT molecular complexity index is 1010. The van der Waals surface area contributed by atoms with Gasteiger partial charge in [-0.3, -0.25) is 4.79 Å². The number of likely N-dealkylation sites (tertiary alicyclic amines) is 1. The number of thioether (sulfide) groups is 1. The third-order valence-corrected chi connectivity index (χ3v) is 7.52. The predicted octanol–water partition coefficient (Wildman–Crippen LogP) is 3.30. The van der Waals surface area contributed by atoms with E-state index in [9.17, 15) is 13.2 Å². The quantitative estimate of drug-likeness (QED) is 0.626. The summed E-state index contributed by atoms with van der Waals surface area (Å²) in [4.78, 5) is 19.0.